The van der Waals surface area contributed by atoms with Gasteiger partial charge in [-0.1, -0.05) is 30.3 Å². The number of amidine groups is 1. The smallest absolute Gasteiger partial charge is 0.332 e. The largest absolute Gasteiger partial charge is 0.464 e. The summed E-state index contributed by atoms with van der Waals surface area (Å²) in [6, 6.07) is 11.1. The molecule has 1 aromatic carbocycles. The zero-order valence-corrected chi connectivity index (χ0v) is 19.1. The number of carbonyl (C=O) groups excluding carboxylic acids is 3. The van der Waals surface area contributed by atoms with E-state index in [1.165, 1.54) is 0 Å². The standard InChI is InChI=1S/C22H28N6O4.ClH/c1-2-32-22(31)19(27-13-15-6-8-16(9-7-15)20(23)24)21(30)28-14-18(29)26-12-10-17-5-3-4-11-25-17;/h3-9,11,19,27H,2,10,12-14H2,1H3,(H3,23,24)(H,26,29)(H,28,30);1H. The summed E-state index contributed by atoms with van der Waals surface area (Å²) in [5, 5.41) is 15.4. The van der Waals surface area contributed by atoms with Crippen molar-refractivity contribution in [3.05, 3.63) is 65.5 Å². The first-order valence-electron chi connectivity index (χ1n) is 10.2. The normalized spacial score (nSPS) is 10.9. The average molecular weight is 477 g/mol. The van der Waals surface area contributed by atoms with Gasteiger partial charge < -0.3 is 21.1 Å². The second-order valence-corrected chi connectivity index (χ2v) is 6.82. The molecule has 1 aromatic heterocycles. The fourth-order valence-corrected chi connectivity index (χ4v) is 2.74. The van der Waals surface area contributed by atoms with Gasteiger partial charge >= 0.3 is 5.97 Å². The molecule has 33 heavy (non-hydrogen) atoms. The first-order valence-corrected chi connectivity index (χ1v) is 10.2. The highest BCUT2D eigenvalue weighted by Crippen LogP contribution is 2.04. The van der Waals surface area contributed by atoms with E-state index in [1.54, 1.807) is 37.4 Å². The number of hydrogen-bond acceptors (Lipinski definition) is 7. The first-order chi connectivity index (χ1) is 15.4. The highest BCUT2D eigenvalue weighted by Gasteiger charge is 2.27. The second kappa shape index (κ2) is 14.5. The Labute approximate surface area is 198 Å². The molecule has 2 aromatic rings. The van der Waals surface area contributed by atoms with E-state index in [0.29, 0.717) is 18.5 Å². The molecule has 11 heteroatoms. The molecule has 0 saturated heterocycles. The molecule has 1 unspecified atom stereocenters. The lowest BCUT2D eigenvalue weighted by molar-refractivity contribution is -0.149. The van der Waals surface area contributed by atoms with Gasteiger partial charge in [0.05, 0.1) is 13.2 Å². The van der Waals surface area contributed by atoms with Crippen LogP contribution in [0.15, 0.2) is 48.7 Å². The van der Waals surface area contributed by atoms with Crippen molar-refractivity contribution in [1.29, 1.82) is 5.41 Å². The van der Waals surface area contributed by atoms with E-state index < -0.39 is 17.9 Å². The number of nitrogens with zero attached hydrogens (tertiary/aromatic N) is 1. The van der Waals surface area contributed by atoms with Crippen molar-refractivity contribution in [2.75, 3.05) is 19.7 Å². The van der Waals surface area contributed by atoms with E-state index in [4.69, 9.17) is 15.9 Å². The second-order valence-electron chi connectivity index (χ2n) is 6.82. The summed E-state index contributed by atoms with van der Waals surface area (Å²) in [7, 11) is 0. The van der Waals surface area contributed by atoms with Gasteiger partial charge in [0.15, 0.2) is 6.04 Å². The number of nitrogens with one attached hydrogen (secondary N) is 4. The van der Waals surface area contributed by atoms with Crippen LogP contribution in [0.25, 0.3) is 0 Å². The topological polar surface area (TPSA) is 159 Å². The Kier molecular flexibility index (Phi) is 12.1. The molecule has 6 N–H and O–H groups in total. The molecule has 0 aliphatic heterocycles. The molecule has 0 aliphatic rings. The zero-order chi connectivity index (χ0) is 23.3. The third kappa shape index (κ3) is 9.67. The molecule has 0 bridgehead atoms. The summed E-state index contributed by atoms with van der Waals surface area (Å²) in [6.45, 7) is 2.06. The van der Waals surface area contributed by atoms with Crippen LogP contribution in [0.3, 0.4) is 0 Å². The Bertz CT molecular complexity index is 924. The van der Waals surface area contributed by atoms with Crippen LogP contribution >= 0.6 is 12.4 Å². The maximum atomic E-state index is 12.5. The number of esters is 1. The Morgan fingerprint density at radius 2 is 1.85 bits per heavy atom. The molecular weight excluding hydrogens is 448 g/mol. The van der Waals surface area contributed by atoms with Crippen LogP contribution in [-0.2, 0) is 32.1 Å². The average Bonchev–Trinajstić information content (AvgIpc) is 2.79. The lowest BCUT2D eigenvalue weighted by Crippen LogP contribution is -2.51. The minimum Gasteiger partial charge on any atom is -0.464 e. The molecule has 178 valence electrons. The summed E-state index contributed by atoms with van der Waals surface area (Å²) >= 11 is 0. The van der Waals surface area contributed by atoms with Crippen molar-refractivity contribution in [1.82, 2.24) is 20.9 Å². The van der Waals surface area contributed by atoms with Gasteiger partial charge in [-0.15, -0.1) is 12.4 Å². The third-order valence-electron chi connectivity index (χ3n) is 4.41. The van der Waals surface area contributed by atoms with Crippen molar-refractivity contribution in [3.63, 3.8) is 0 Å². The minimum atomic E-state index is -1.27. The Hall–Kier alpha value is -3.50. The van der Waals surface area contributed by atoms with Crippen LogP contribution < -0.4 is 21.7 Å². The van der Waals surface area contributed by atoms with Crippen LogP contribution in [0, 0.1) is 5.41 Å². The van der Waals surface area contributed by atoms with Crippen LogP contribution in [0.4, 0.5) is 0 Å². The number of halogens is 1. The molecule has 0 radical (unpaired) electrons. The highest BCUT2D eigenvalue weighted by atomic mass is 35.5. The maximum absolute atomic E-state index is 12.5. The Balaban J connectivity index is 0.00000544. The van der Waals surface area contributed by atoms with Gasteiger partial charge in [0, 0.05) is 37.0 Å². The number of carbonyl (C=O) groups is 3. The number of amides is 2. The minimum absolute atomic E-state index is 0. The first kappa shape index (κ1) is 27.5. The number of benzene rings is 1. The van der Waals surface area contributed by atoms with Crippen LogP contribution in [0.1, 0.15) is 23.7 Å². The zero-order valence-electron chi connectivity index (χ0n) is 18.3. The SMILES string of the molecule is CCOC(=O)C(NCc1ccc(C(=N)N)cc1)C(=O)NCC(=O)NCCc1ccccn1.Cl. The molecule has 0 saturated carbocycles. The number of nitrogens with two attached hydrogens (primary N) is 1. The predicted molar refractivity (Wildman–Crippen MR) is 126 cm³/mol. The summed E-state index contributed by atoms with van der Waals surface area (Å²) in [5.74, 6) is -1.83. The monoisotopic (exact) mass is 476 g/mol. The van der Waals surface area contributed by atoms with Gasteiger partial charge in [-0.05, 0) is 24.6 Å². The van der Waals surface area contributed by atoms with Crippen molar-refractivity contribution in [2.45, 2.75) is 25.9 Å². The number of hydrogen-bond donors (Lipinski definition) is 5. The summed E-state index contributed by atoms with van der Waals surface area (Å²) in [4.78, 5) is 40.9. The molecule has 0 spiro atoms. The summed E-state index contributed by atoms with van der Waals surface area (Å²) in [5.41, 5.74) is 7.63. The predicted octanol–water partition coefficient (Wildman–Crippen LogP) is 0.284. The van der Waals surface area contributed by atoms with Gasteiger partial charge in [0.1, 0.15) is 5.84 Å². The van der Waals surface area contributed by atoms with Gasteiger partial charge in [-0.2, -0.15) is 0 Å². The van der Waals surface area contributed by atoms with Crippen LogP contribution in [0.5, 0.6) is 0 Å². The number of nitrogen functional groups attached to an aromatic ring is 1. The molecule has 2 rings (SSSR count). The molecule has 2 amide bonds. The highest BCUT2D eigenvalue weighted by molar-refractivity contribution is 6.03. The van der Waals surface area contributed by atoms with Crippen molar-refractivity contribution in [3.8, 4) is 0 Å². The number of ether oxygens (including phenoxy) is 1. The van der Waals surface area contributed by atoms with Crippen molar-refractivity contribution < 1.29 is 19.1 Å². The Morgan fingerprint density at radius 1 is 1.12 bits per heavy atom. The lowest BCUT2D eigenvalue weighted by atomic mass is 10.1. The van der Waals surface area contributed by atoms with E-state index in [0.717, 1.165) is 11.3 Å². The van der Waals surface area contributed by atoms with E-state index >= 15 is 0 Å². The summed E-state index contributed by atoms with van der Waals surface area (Å²) < 4.78 is 4.97. The fourth-order valence-electron chi connectivity index (χ4n) is 2.74. The summed E-state index contributed by atoms with van der Waals surface area (Å²) in [6.07, 6.45) is 2.24. The number of pyridine rings is 1. The van der Waals surface area contributed by atoms with E-state index in [1.807, 2.05) is 18.2 Å². The quantitative estimate of drug-likeness (QED) is 0.127. The van der Waals surface area contributed by atoms with E-state index in [-0.39, 0.29) is 43.8 Å². The molecule has 0 fully saturated rings. The number of aromatic nitrogens is 1. The van der Waals surface area contributed by atoms with Gasteiger partial charge in [-0.25, -0.2) is 4.79 Å². The van der Waals surface area contributed by atoms with Crippen molar-refractivity contribution >= 4 is 36.0 Å². The third-order valence-corrected chi connectivity index (χ3v) is 4.41. The molecular formula is C22H29ClN6O4. The lowest BCUT2D eigenvalue weighted by Gasteiger charge is -2.17. The Morgan fingerprint density at radius 3 is 2.45 bits per heavy atom. The van der Waals surface area contributed by atoms with Crippen LogP contribution in [0.2, 0.25) is 0 Å². The van der Waals surface area contributed by atoms with Crippen molar-refractivity contribution in [2.24, 2.45) is 5.73 Å². The molecule has 1 atom stereocenters. The van der Waals surface area contributed by atoms with Crippen LogP contribution in [-0.4, -0.2) is 54.3 Å². The number of rotatable bonds is 12. The van der Waals surface area contributed by atoms with E-state index in [9.17, 15) is 14.4 Å². The molecule has 0 aliphatic carbocycles. The fraction of sp³-hybridized carbons (Fsp3) is 0.318. The molecule has 1 heterocycles. The maximum Gasteiger partial charge on any atom is 0.332 e. The van der Waals surface area contributed by atoms with Gasteiger partial charge in [0.2, 0.25) is 11.8 Å². The van der Waals surface area contributed by atoms with E-state index in [2.05, 4.69) is 20.9 Å². The molecule has 10 nitrogen and oxygen atoms in total. The van der Waals surface area contributed by atoms with Gasteiger partial charge in [-0.3, -0.25) is 25.3 Å². The van der Waals surface area contributed by atoms with Gasteiger partial charge in [0.25, 0.3) is 0 Å².